The predicted octanol–water partition coefficient (Wildman–Crippen LogP) is 4.42. The van der Waals surface area contributed by atoms with Crippen LogP contribution in [0.5, 0.6) is 5.88 Å². The first-order valence-electron chi connectivity index (χ1n) is 7.73. The minimum atomic E-state index is -0.630. The van der Waals surface area contributed by atoms with Crippen LogP contribution in [-0.4, -0.2) is 29.8 Å². The Balaban J connectivity index is 2.12. The number of aryl methyl sites for hydroxylation is 1. The van der Waals surface area contributed by atoms with Gasteiger partial charge < -0.3 is 9.64 Å². The first-order valence-corrected chi connectivity index (χ1v) is 7.73. The Hall–Kier alpha value is -2.50. The Morgan fingerprint density at radius 2 is 1.92 bits per heavy atom. The molecule has 2 rings (SSSR count). The molecule has 1 unspecified atom stereocenters. The van der Waals surface area contributed by atoms with Crippen LogP contribution in [0.4, 0.5) is 14.5 Å². The van der Waals surface area contributed by atoms with Gasteiger partial charge in [0.25, 0.3) is 0 Å². The molecule has 0 amide bonds. The van der Waals surface area contributed by atoms with Gasteiger partial charge >= 0.3 is 0 Å². The van der Waals surface area contributed by atoms with Gasteiger partial charge in [-0.05, 0) is 44.5 Å². The SMILES string of the molecule is CCN(C)/C=N/c1ccc(OC(C)c2cc(F)cc(F)c2)nc1C. The molecule has 0 aliphatic heterocycles. The Kier molecular flexibility index (Phi) is 5.84. The Bertz CT molecular complexity index is 714. The predicted molar refractivity (Wildman–Crippen MR) is 90.8 cm³/mol. The fourth-order valence-corrected chi connectivity index (χ4v) is 2.03. The van der Waals surface area contributed by atoms with Crippen molar-refractivity contribution in [3.05, 3.63) is 53.2 Å². The molecule has 4 nitrogen and oxygen atoms in total. The quantitative estimate of drug-likeness (QED) is 0.580. The Morgan fingerprint density at radius 1 is 1.25 bits per heavy atom. The van der Waals surface area contributed by atoms with Crippen LogP contribution >= 0.6 is 0 Å². The maximum absolute atomic E-state index is 13.3. The van der Waals surface area contributed by atoms with E-state index in [1.807, 2.05) is 25.8 Å². The number of halogens is 2. The smallest absolute Gasteiger partial charge is 0.214 e. The van der Waals surface area contributed by atoms with Crippen molar-refractivity contribution in [2.75, 3.05) is 13.6 Å². The molecule has 0 aliphatic rings. The molecule has 0 N–H and O–H groups in total. The van der Waals surface area contributed by atoms with Gasteiger partial charge in [-0.25, -0.2) is 18.8 Å². The summed E-state index contributed by atoms with van der Waals surface area (Å²) >= 11 is 0. The molecule has 1 heterocycles. The summed E-state index contributed by atoms with van der Waals surface area (Å²) < 4.78 is 32.3. The molecular weight excluding hydrogens is 312 g/mol. The second-order valence-corrected chi connectivity index (χ2v) is 5.53. The van der Waals surface area contributed by atoms with Crippen LogP contribution in [0.25, 0.3) is 0 Å². The van der Waals surface area contributed by atoms with E-state index in [9.17, 15) is 8.78 Å². The number of rotatable bonds is 6. The summed E-state index contributed by atoms with van der Waals surface area (Å²) in [5, 5.41) is 0. The minimum absolute atomic E-state index is 0.382. The van der Waals surface area contributed by atoms with Crippen LogP contribution in [0, 0.1) is 18.6 Å². The first kappa shape index (κ1) is 17.8. The second-order valence-electron chi connectivity index (χ2n) is 5.53. The molecule has 0 fully saturated rings. The third-order valence-electron chi connectivity index (χ3n) is 3.58. The highest BCUT2D eigenvalue weighted by Crippen LogP contribution is 2.25. The number of benzene rings is 1. The molecule has 0 bridgehead atoms. The van der Waals surface area contributed by atoms with Crippen LogP contribution in [0.15, 0.2) is 35.3 Å². The lowest BCUT2D eigenvalue weighted by Crippen LogP contribution is -2.14. The van der Waals surface area contributed by atoms with Crippen molar-refractivity contribution in [3.63, 3.8) is 0 Å². The molecule has 0 aliphatic carbocycles. The Morgan fingerprint density at radius 3 is 2.50 bits per heavy atom. The van der Waals surface area contributed by atoms with Crippen molar-refractivity contribution in [2.24, 2.45) is 4.99 Å². The maximum atomic E-state index is 13.3. The van der Waals surface area contributed by atoms with Crippen molar-refractivity contribution < 1.29 is 13.5 Å². The van der Waals surface area contributed by atoms with E-state index in [-0.39, 0.29) is 0 Å². The van der Waals surface area contributed by atoms with Crippen molar-refractivity contribution >= 4 is 12.0 Å². The molecule has 2 aromatic rings. The second kappa shape index (κ2) is 7.86. The lowest BCUT2D eigenvalue weighted by Gasteiger charge is -2.15. The highest BCUT2D eigenvalue weighted by molar-refractivity contribution is 5.62. The third-order valence-corrected chi connectivity index (χ3v) is 3.58. The molecule has 0 saturated heterocycles. The number of hydrogen-bond donors (Lipinski definition) is 0. The van der Waals surface area contributed by atoms with Gasteiger partial charge in [0.2, 0.25) is 5.88 Å². The molecule has 1 atom stereocenters. The number of hydrogen-bond acceptors (Lipinski definition) is 3. The van der Waals surface area contributed by atoms with Crippen molar-refractivity contribution in [2.45, 2.75) is 26.9 Å². The molecule has 6 heteroatoms. The van der Waals surface area contributed by atoms with E-state index in [0.29, 0.717) is 17.1 Å². The fraction of sp³-hybridized carbons (Fsp3) is 0.333. The molecule has 0 saturated carbocycles. The number of nitrogens with zero attached hydrogens (tertiary/aromatic N) is 3. The van der Waals surface area contributed by atoms with Gasteiger partial charge in [-0.3, -0.25) is 0 Å². The van der Waals surface area contributed by atoms with Crippen LogP contribution in [0.2, 0.25) is 0 Å². The van der Waals surface area contributed by atoms with Crippen molar-refractivity contribution in [1.29, 1.82) is 0 Å². The lowest BCUT2D eigenvalue weighted by molar-refractivity contribution is 0.216. The van der Waals surface area contributed by atoms with E-state index < -0.39 is 17.7 Å². The molecular formula is C18H21F2N3O. The highest BCUT2D eigenvalue weighted by Gasteiger charge is 2.12. The van der Waals surface area contributed by atoms with E-state index in [1.165, 1.54) is 12.1 Å². The molecule has 0 spiro atoms. The summed E-state index contributed by atoms with van der Waals surface area (Å²) in [7, 11) is 1.93. The molecule has 1 aromatic carbocycles. The number of aliphatic imine (C=N–C) groups is 1. The van der Waals surface area contributed by atoms with E-state index in [1.54, 1.807) is 25.4 Å². The van der Waals surface area contributed by atoms with Crippen LogP contribution in [0.1, 0.15) is 31.2 Å². The van der Waals surface area contributed by atoms with Crippen molar-refractivity contribution in [1.82, 2.24) is 9.88 Å². The van der Waals surface area contributed by atoms with Crippen LogP contribution < -0.4 is 4.74 Å². The van der Waals surface area contributed by atoms with Gasteiger partial charge in [0.15, 0.2) is 0 Å². The van der Waals surface area contributed by atoms with E-state index in [4.69, 9.17) is 4.74 Å². The van der Waals surface area contributed by atoms with Gasteiger partial charge in [0.1, 0.15) is 17.7 Å². The first-order chi connectivity index (χ1) is 11.4. The molecule has 1 aromatic heterocycles. The average molecular weight is 333 g/mol. The number of ether oxygens (including phenoxy) is 1. The van der Waals surface area contributed by atoms with E-state index >= 15 is 0 Å². The summed E-state index contributed by atoms with van der Waals surface area (Å²) in [5.74, 6) is -0.879. The van der Waals surface area contributed by atoms with Gasteiger partial charge in [0, 0.05) is 25.7 Å². The van der Waals surface area contributed by atoms with Gasteiger partial charge in [0.05, 0.1) is 17.7 Å². The summed E-state index contributed by atoms with van der Waals surface area (Å²) in [5.41, 5.74) is 1.87. The van der Waals surface area contributed by atoms with Crippen LogP contribution in [0.3, 0.4) is 0 Å². The zero-order chi connectivity index (χ0) is 17.7. The summed E-state index contributed by atoms with van der Waals surface area (Å²) in [6.07, 6.45) is 1.21. The van der Waals surface area contributed by atoms with Gasteiger partial charge in [-0.15, -0.1) is 0 Å². The Labute approximate surface area is 140 Å². The zero-order valence-corrected chi connectivity index (χ0v) is 14.3. The lowest BCUT2D eigenvalue weighted by atomic mass is 10.1. The topological polar surface area (TPSA) is 37.7 Å². The molecule has 128 valence electrons. The van der Waals surface area contributed by atoms with Crippen molar-refractivity contribution in [3.8, 4) is 5.88 Å². The third kappa shape index (κ3) is 4.75. The monoisotopic (exact) mass is 333 g/mol. The average Bonchev–Trinajstić information content (AvgIpc) is 2.52. The van der Waals surface area contributed by atoms with Gasteiger partial charge in [-0.2, -0.15) is 0 Å². The summed E-state index contributed by atoms with van der Waals surface area (Å²) in [4.78, 5) is 10.7. The van der Waals surface area contributed by atoms with Crippen LogP contribution in [-0.2, 0) is 0 Å². The standard InChI is InChI=1S/C18H21F2N3O/c1-5-23(4)11-21-17-6-7-18(22-12(17)2)24-13(3)14-8-15(19)10-16(20)9-14/h6-11,13H,5H2,1-4H3/b21-11+. The zero-order valence-electron chi connectivity index (χ0n) is 14.3. The summed E-state index contributed by atoms with van der Waals surface area (Å²) in [6, 6.07) is 6.83. The summed E-state index contributed by atoms with van der Waals surface area (Å²) in [6.45, 7) is 6.44. The molecule has 0 radical (unpaired) electrons. The van der Waals surface area contributed by atoms with E-state index in [2.05, 4.69) is 9.98 Å². The normalized spacial score (nSPS) is 12.4. The van der Waals surface area contributed by atoms with E-state index in [0.717, 1.165) is 18.3 Å². The van der Waals surface area contributed by atoms with Gasteiger partial charge in [-0.1, -0.05) is 0 Å². The maximum Gasteiger partial charge on any atom is 0.214 e. The highest BCUT2D eigenvalue weighted by atomic mass is 19.1. The number of pyridine rings is 1. The fourth-order valence-electron chi connectivity index (χ4n) is 2.03. The molecule has 24 heavy (non-hydrogen) atoms. The number of aromatic nitrogens is 1. The minimum Gasteiger partial charge on any atom is -0.470 e. The largest absolute Gasteiger partial charge is 0.470 e.